The zero-order valence-electron chi connectivity index (χ0n) is 12.3. The van der Waals surface area contributed by atoms with E-state index >= 15 is 0 Å². The number of rotatable bonds is 1. The highest BCUT2D eigenvalue weighted by Gasteiger charge is 2.60. The second kappa shape index (κ2) is 4.62. The molecule has 3 heteroatoms. The number of hydrogen-bond donors (Lipinski definition) is 2. The van der Waals surface area contributed by atoms with Gasteiger partial charge in [0.2, 0.25) is 0 Å². The molecule has 0 aliphatic heterocycles. The summed E-state index contributed by atoms with van der Waals surface area (Å²) >= 11 is 0. The van der Waals surface area contributed by atoms with Crippen LogP contribution >= 0.6 is 0 Å². The van der Waals surface area contributed by atoms with Crippen molar-refractivity contribution in [1.82, 2.24) is 0 Å². The second-order valence-electron chi connectivity index (χ2n) is 7.38. The Kier molecular flexibility index (Phi) is 3.54. The lowest BCUT2D eigenvalue weighted by Crippen LogP contribution is -2.61. The first kappa shape index (κ1) is 14.6. The molecule has 0 aromatic carbocycles. The molecule has 0 amide bonds. The number of carbonyl (C=O) groups is 1. The highest BCUT2D eigenvalue weighted by Crippen LogP contribution is 2.63. The molecule has 0 aromatic heterocycles. The summed E-state index contributed by atoms with van der Waals surface area (Å²) in [6.07, 6.45) is 6.38. The van der Waals surface area contributed by atoms with E-state index in [2.05, 4.69) is 20.4 Å². The van der Waals surface area contributed by atoms with Gasteiger partial charge >= 0.3 is 5.97 Å². The van der Waals surface area contributed by atoms with Crippen LogP contribution in [0.2, 0.25) is 0 Å². The van der Waals surface area contributed by atoms with Crippen LogP contribution in [-0.2, 0) is 4.79 Å². The minimum atomic E-state index is -0.935. The predicted octanol–water partition coefficient (Wildman–Crippen LogP) is 3.23. The molecule has 4 bridgehead atoms. The zero-order chi connectivity index (χ0) is 14.4. The lowest BCUT2D eigenvalue weighted by molar-refractivity contribution is -0.212. The third kappa shape index (κ3) is 2.45. The van der Waals surface area contributed by atoms with Gasteiger partial charge in [-0.2, -0.15) is 0 Å². The van der Waals surface area contributed by atoms with Crippen molar-refractivity contribution in [2.75, 3.05) is 0 Å². The minimum absolute atomic E-state index is 0.176. The van der Waals surface area contributed by atoms with E-state index in [0.29, 0.717) is 0 Å². The molecule has 0 saturated heterocycles. The molecular formula is C16H26O3. The first-order valence-electron chi connectivity index (χ1n) is 7.27. The molecule has 0 radical (unpaired) electrons. The summed E-state index contributed by atoms with van der Waals surface area (Å²) in [5.74, 6) is 1.59. The molecule has 2 unspecified atom stereocenters. The maximum absolute atomic E-state index is 10.6. The quantitative estimate of drug-likeness (QED) is 0.716. The Labute approximate surface area is 115 Å². The van der Waals surface area contributed by atoms with Gasteiger partial charge in [-0.1, -0.05) is 20.4 Å². The fourth-order valence-corrected chi connectivity index (χ4v) is 4.43. The zero-order valence-corrected chi connectivity index (χ0v) is 12.3. The third-order valence-electron chi connectivity index (χ3n) is 5.74. The van der Waals surface area contributed by atoms with Crippen LogP contribution < -0.4 is 0 Å². The molecule has 0 aromatic rings. The Bertz CT molecular complexity index is 371. The molecule has 108 valence electrons. The predicted molar refractivity (Wildman–Crippen MR) is 74.7 cm³/mol. The Morgan fingerprint density at radius 2 is 1.58 bits per heavy atom. The molecule has 0 spiro atoms. The van der Waals surface area contributed by atoms with E-state index in [1.807, 2.05) is 0 Å². The molecule has 0 heterocycles. The average molecular weight is 266 g/mol. The molecule has 4 rings (SSSR count). The molecule has 2 atom stereocenters. The van der Waals surface area contributed by atoms with Crippen LogP contribution in [0, 0.1) is 23.2 Å². The van der Waals surface area contributed by atoms with Crippen molar-refractivity contribution in [3.63, 3.8) is 0 Å². The number of carboxylic acid groups (broad SMARTS) is 1. The first-order valence-corrected chi connectivity index (χ1v) is 7.27. The average Bonchev–Trinajstić information content (AvgIpc) is 2.25. The summed E-state index contributed by atoms with van der Waals surface area (Å²) < 4.78 is 0. The van der Waals surface area contributed by atoms with Crippen LogP contribution in [0.5, 0.6) is 0 Å². The van der Waals surface area contributed by atoms with Crippen LogP contribution in [0.1, 0.15) is 52.9 Å². The number of aliphatic hydroxyl groups is 1. The van der Waals surface area contributed by atoms with Gasteiger partial charge in [-0.15, -0.1) is 0 Å². The molecular weight excluding hydrogens is 240 g/mol. The fraction of sp³-hybridized carbons (Fsp3) is 0.812. The van der Waals surface area contributed by atoms with E-state index in [-0.39, 0.29) is 16.6 Å². The lowest BCUT2D eigenvalue weighted by Gasteiger charge is -2.63. The van der Waals surface area contributed by atoms with Crippen molar-refractivity contribution in [3.8, 4) is 0 Å². The van der Waals surface area contributed by atoms with Gasteiger partial charge in [0.05, 0.1) is 5.60 Å². The van der Waals surface area contributed by atoms with E-state index in [9.17, 15) is 9.90 Å². The first-order chi connectivity index (χ1) is 8.65. The maximum Gasteiger partial charge on any atom is 0.330 e. The van der Waals surface area contributed by atoms with Crippen molar-refractivity contribution < 1.29 is 15.0 Å². The third-order valence-corrected chi connectivity index (χ3v) is 5.74. The smallest absolute Gasteiger partial charge is 0.330 e. The van der Waals surface area contributed by atoms with Gasteiger partial charge in [0.25, 0.3) is 0 Å². The van der Waals surface area contributed by atoms with Crippen LogP contribution in [-0.4, -0.2) is 21.8 Å². The van der Waals surface area contributed by atoms with Gasteiger partial charge in [0.15, 0.2) is 0 Å². The highest BCUT2D eigenvalue weighted by molar-refractivity contribution is 5.84. The topological polar surface area (TPSA) is 57.5 Å². The van der Waals surface area contributed by atoms with Crippen molar-refractivity contribution in [1.29, 1.82) is 0 Å². The monoisotopic (exact) mass is 266 g/mol. The van der Waals surface area contributed by atoms with E-state index < -0.39 is 5.97 Å². The number of carboxylic acids is 1. The Balaban J connectivity index is 0.000000192. The lowest BCUT2D eigenvalue weighted by atomic mass is 9.44. The van der Waals surface area contributed by atoms with Gasteiger partial charge < -0.3 is 10.2 Å². The Morgan fingerprint density at radius 1 is 1.16 bits per heavy atom. The van der Waals surface area contributed by atoms with Crippen molar-refractivity contribution in [2.24, 2.45) is 23.2 Å². The molecule has 2 N–H and O–H groups in total. The van der Waals surface area contributed by atoms with Gasteiger partial charge in [-0.3, -0.25) is 0 Å². The van der Waals surface area contributed by atoms with Gasteiger partial charge in [0.1, 0.15) is 0 Å². The fourth-order valence-electron chi connectivity index (χ4n) is 4.43. The van der Waals surface area contributed by atoms with Crippen LogP contribution in [0.3, 0.4) is 0 Å². The van der Waals surface area contributed by atoms with Crippen molar-refractivity contribution in [3.05, 3.63) is 12.2 Å². The van der Waals surface area contributed by atoms with Crippen LogP contribution in [0.25, 0.3) is 0 Å². The van der Waals surface area contributed by atoms with Crippen molar-refractivity contribution >= 4 is 5.97 Å². The maximum atomic E-state index is 10.6. The Morgan fingerprint density at radius 3 is 1.89 bits per heavy atom. The molecule has 4 aliphatic rings. The van der Waals surface area contributed by atoms with E-state index in [0.717, 1.165) is 30.6 Å². The Hall–Kier alpha value is -0.830. The molecule has 3 nitrogen and oxygen atoms in total. The highest BCUT2D eigenvalue weighted by atomic mass is 16.4. The van der Waals surface area contributed by atoms with Gasteiger partial charge in [-0.25, -0.2) is 4.79 Å². The summed E-state index contributed by atoms with van der Waals surface area (Å²) in [4.78, 5) is 9.60. The van der Waals surface area contributed by atoms with Crippen molar-refractivity contribution in [2.45, 2.75) is 58.5 Å². The SMILES string of the molecule is C=C(C)C(=O)O.CC1(C)C2CC3CC(C2)CC1(O)C3. The van der Waals surface area contributed by atoms with E-state index in [4.69, 9.17) is 5.11 Å². The standard InChI is InChI=1S/C12H20O.C4H6O2/c1-11(2)10-4-8-3-9(5-10)7-12(11,13)6-8;1-3(2)4(5)6/h8-10,13H,3-7H2,1-2H3;1H2,2H3,(H,5,6). The summed E-state index contributed by atoms with van der Waals surface area (Å²) in [5, 5.41) is 18.5. The molecule has 4 saturated carbocycles. The summed E-state index contributed by atoms with van der Waals surface area (Å²) in [7, 11) is 0. The van der Waals surface area contributed by atoms with Crippen LogP contribution in [0.4, 0.5) is 0 Å². The number of hydrogen-bond acceptors (Lipinski definition) is 2. The normalized spacial score (nSPS) is 41.4. The second-order valence-corrected chi connectivity index (χ2v) is 7.38. The van der Waals surface area contributed by atoms with Crippen LogP contribution in [0.15, 0.2) is 12.2 Å². The molecule has 4 aliphatic carbocycles. The summed E-state index contributed by atoms with van der Waals surface area (Å²) in [6, 6.07) is 0. The molecule has 4 fully saturated rings. The molecule has 19 heavy (non-hydrogen) atoms. The summed E-state index contributed by atoms with van der Waals surface area (Å²) in [6.45, 7) is 9.18. The van der Waals surface area contributed by atoms with Gasteiger partial charge in [-0.05, 0) is 62.2 Å². The van der Waals surface area contributed by atoms with E-state index in [1.54, 1.807) is 0 Å². The minimum Gasteiger partial charge on any atom is -0.478 e. The summed E-state index contributed by atoms with van der Waals surface area (Å²) in [5.41, 5.74) is 0.0670. The number of aliphatic carboxylic acids is 1. The van der Waals surface area contributed by atoms with Gasteiger partial charge in [0, 0.05) is 5.57 Å². The largest absolute Gasteiger partial charge is 0.478 e. The van der Waals surface area contributed by atoms with E-state index in [1.165, 1.54) is 26.2 Å².